The second-order valence-electron chi connectivity index (χ2n) is 7.04. The molecule has 1 aromatic heterocycles. The Bertz CT molecular complexity index is 1130. The highest BCUT2D eigenvalue weighted by molar-refractivity contribution is 7.99. The summed E-state index contributed by atoms with van der Waals surface area (Å²) < 4.78 is 7.66. The molecule has 0 unspecified atom stereocenters. The maximum absolute atomic E-state index is 12.3. The van der Waals surface area contributed by atoms with Crippen LogP contribution < -0.4 is 10.1 Å². The number of amides is 1. The number of carbonyl (C=O) groups is 1. The van der Waals surface area contributed by atoms with Crippen LogP contribution in [0, 0.1) is 30.9 Å². The number of rotatable bonds is 8. The summed E-state index contributed by atoms with van der Waals surface area (Å²) in [5.41, 5.74) is 3.31. The Labute approximate surface area is 184 Å². The molecule has 0 radical (unpaired) electrons. The van der Waals surface area contributed by atoms with Crippen LogP contribution in [-0.2, 0) is 18.4 Å². The van der Waals surface area contributed by atoms with Crippen molar-refractivity contribution in [3.8, 4) is 5.75 Å². The quantitative estimate of drug-likeness (QED) is 0.320. The summed E-state index contributed by atoms with van der Waals surface area (Å²) in [6.07, 6.45) is 0. The van der Waals surface area contributed by atoms with E-state index in [0.29, 0.717) is 16.7 Å². The van der Waals surface area contributed by atoms with Gasteiger partial charge in [0.25, 0.3) is 5.69 Å². The van der Waals surface area contributed by atoms with Crippen LogP contribution in [0.25, 0.3) is 0 Å². The summed E-state index contributed by atoms with van der Waals surface area (Å²) >= 11 is 1.23. The normalized spacial score (nSPS) is 10.7. The Morgan fingerprint density at radius 1 is 1.19 bits per heavy atom. The molecule has 0 aliphatic carbocycles. The van der Waals surface area contributed by atoms with Crippen LogP contribution in [0.15, 0.2) is 41.6 Å². The third-order valence-corrected chi connectivity index (χ3v) is 5.90. The number of nitro benzene ring substituents is 1. The molecule has 10 heteroatoms. The molecule has 0 saturated heterocycles. The van der Waals surface area contributed by atoms with Gasteiger partial charge in [-0.3, -0.25) is 14.9 Å². The summed E-state index contributed by atoms with van der Waals surface area (Å²) in [6, 6.07) is 10.2. The zero-order valence-electron chi connectivity index (χ0n) is 17.7. The number of nitrogens with one attached hydrogen (secondary N) is 1. The molecule has 9 nitrogen and oxygen atoms in total. The van der Waals surface area contributed by atoms with E-state index in [4.69, 9.17) is 4.74 Å². The number of hydrogen-bond acceptors (Lipinski definition) is 7. The van der Waals surface area contributed by atoms with Crippen molar-refractivity contribution in [1.82, 2.24) is 14.8 Å². The third-order valence-electron chi connectivity index (χ3n) is 4.88. The number of benzene rings is 2. The van der Waals surface area contributed by atoms with Crippen molar-refractivity contribution in [3.05, 3.63) is 69.0 Å². The summed E-state index contributed by atoms with van der Waals surface area (Å²) in [4.78, 5) is 22.8. The number of anilines is 1. The number of aromatic nitrogens is 3. The first-order valence-electron chi connectivity index (χ1n) is 9.51. The van der Waals surface area contributed by atoms with E-state index >= 15 is 0 Å². The van der Waals surface area contributed by atoms with E-state index in [1.165, 1.54) is 23.9 Å². The Morgan fingerprint density at radius 2 is 1.97 bits per heavy atom. The number of carbonyl (C=O) groups excluding carboxylic acids is 1. The predicted molar refractivity (Wildman–Crippen MR) is 118 cm³/mol. The Morgan fingerprint density at radius 3 is 2.71 bits per heavy atom. The van der Waals surface area contributed by atoms with Crippen LogP contribution in [0.3, 0.4) is 0 Å². The van der Waals surface area contributed by atoms with Gasteiger partial charge in [0.1, 0.15) is 12.4 Å². The van der Waals surface area contributed by atoms with Gasteiger partial charge in [-0.2, -0.15) is 0 Å². The van der Waals surface area contributed by atoms with Gasteiger partial charge in [-0.25, -0.2) is 0 Å². The van der Waals surface area contributed by atoms with Gasteiger partial charge in [0.2, 0.25) is 5.91 Å². The van der Waals surface area contributed by atoms with Crippen molar-refractivity contribution in [1.29, 1.82) is 0 Å². The van der Waals surface area contributed by atoms with E-state index in [-0.39, 0.29) is 24.0 Å². The number of nitro groups is 1. The first kappa shape index (κ1) is 22.3. The zero-order chi connectivity index (χ0) is 22.5. The summed E-state index contributed by atoms with van der Waals surface area (Å²) in [5.74, 6) is 1.23. The number of nitrogens with zero attached hydrogens (tertiary/aromatic N) is 4. The summed E-state index contributed by atoms with van der Waals surface area (Å²) in [6.45, 7) is 6.06. The van der Waals surface area contributed by atoms with Gasteiger partial charge in [0.05, 0.1) is 16.4 Å². The van der Waals surface area contributed by atoms with Gasteiger partial charge >= 0.3 is 0 Å². The highest BCUT2D eigenvalue weighted by atomic mass is 32.2. The molecule has 31 heavy (non-hydrogen) atoms. The van der Waals surface area contributed by atoms with Crippen molar-refractivity contribution in [2.75, 3.05) is 11.1 Å². The molecule has 162 valence electrons. The molecule has 1 amide bonds. The Kier molecular flexibility index (Phi) is 6.91. The lowest BCUT2D eigenvalue weighted by Gasteiger charge is -2.10. The summed E-state index contributed by atoms with van der Waals surface area (Å²) in [7, 11) is 1.81. The molecule has 3 rings (SSSR count). The molecule has 1 N–H and O–H groups in total. The highest BCUT2D eigenvalue weighted by Crippen LogP contribution is 2.24. The first-order valence-corrected chi connectivity index (χ1v) is 10.5. The topological polar surface area (TPSA) is 112 Å². The minimum absolute atomic E-state index is 0.0738. The van der Waals surface area contributed by atoms with Crippen LogP contribution in [-0.4, -0.2) is 31.3 Å². The number of thioether (sulfide) groups is 1. The van der Waals surface area contributed by atoms with Gasteiger partial charge in [-0.15, -0.1) is 10.2 Å². The van der Waals surface area contributed by atoms with Crippen LogP contribution >= 0.6 is 11.8 Å². The van der Waals surface area contributed by atoms with Gasteiger partial charge < -0.3 is 14.6 Å². The molecule has 2 aromatic carbocycles. The lowest BCUT2D eigenvalue weighted by atomic mass is 10.1. The highest BCUT2D eigenvalue weighted by Gasteiger charge is 2.15. The molecular formula is C21H23N5O4S. The molecule has 0 aliphatic heterocycles. The van der Waals surface area contributed by atoms with Crippen molar-refractivity contribution >= 4 is 29.0 Å². The second-order valence-corrected chi connectivity index (χ2v) is 7.98. The van der Waals surface area contributed by atoms with E-state index in [2.05, 4.69) is 15.5 Å². The molecule has 1 heterocycles. The minimum Gasteiger partial charge on any atom is -0.485 e. The fourth-order valence-electron chi connectivity index (χ4n) is 2.79. The molecule has 0 atom stereocenters. The lowest BCUT2D eigenvalue weighted by molar-refractivity contribution is -0.384. The fourth-order valence-corrected chi connectivity index (χ4v) is 3.52. The molecule has 0 bridgehead atoms. The van der Waals surface area contributed by atoms with Gasteiger partial charge in [0, 0.05) is 19.2 Å². The number of ether oxygens (including phenoxy) is 1. The molecule has 0 saturated carbocycles. The van der Waals surface area contributed by atoms with Crippen LogP contribution in [0.1, 0.15) is 22.5 Å². The van der Waals surface area contributed by atoms with Crippen molar-refractivity contribution < 1.29 is 14.5 Å². The third kappa shape index (κ3) is 5.40. The lowest BCUT2D eigenvalue weighted by Crippen LogP contribution is -2.15. The van der Waals surface area contributed by atoms with E-state index in [1.807, 2.05) is 39.1 Å². The van der Waals surface area contributed by atoms with Gasteiger partial charge in [0.15, 0.2) is 11.0 Å². The Hall–Kier alpha value is -3.40. The largest absolute Gasteiger partial charge is 0.485 e. The smallest absolute Gasteiger partial charge is 0.271 e. The predicted octanol–water partition coefficient (Wildman–Crippen LogP) is 3.96. The Balaban J connectivity index is 1.58. The van der Waals surface area contributed by atoms with E-state index in [0.717, 1.165) is 22.4 Å². The van der Waals surface area contributed by atoms with Crippen LogP contribution in [0.4, 0.5) is 11.4 Å². The van der Waals surface area contributed by atoms with E-state index < -0.39 is 4.92 Å². The molecule has 0 aliphatic rings. The van der Waals surface area contributed by atoms with Crippen LogP contribution in [0.2, 0.25) is 0 Å². The standard InChI is InChI=1S/C21H23N5O4S/c1-13-6-5-7-18(15(13)3)30-11-19-23-24-21(25(19)4)31-12-20(27)22-17-10-16(26(28)29)9-8-14(17)2/h5-10H,11-12H2,1-4H3,(H,22,27). The average Bonchev–Trinajstić information content (AvgIpc) is 3.08. The van der Waals surface area contributed by atoms with Gasteiger partial charge in [-0.1, -0.05) is 30.0 Å². The van der Waals surface area contributed by atoms with Crippen LogP contribution in [0.5, 0.6) is 5.75 Å². The van der Waals surface area contributed by atoms with Gasteiger partial charge in [-0.05, 0) is 43.5 Å². The fraction of sp³-hybridized carbons (Fsp3) is 0.286. The number of non-ortho nitro benzene ring substituents is 1. The maximum atomic E-state index is 12.3. The number of hydrogen-bond donors (Lipinski definition) is 1. The summed E-state index contributed by atoms with van der Waals surface area (Å²) in [5, 5.41) is 22.5. The first-order chi connectivity index (χ1) is 14.8. The average molecular weight is 442 g/mol. The molecular weight excluding hydrogens is 418 g/mol. The van der Waals surface area contributed by atoms with Crippen molar-refractivity contribution in [2.24, 2.45) is 7.05 Å². The maximum Gasteiger partial charge on any atom is 0.271 e. The van der Waals surface area contributed by atoms with Crippen molar-refractivity contribution in [2.45, 2.75) is 32.5 Å². The second kappa shape index (κ2) is 9.61. The minimum atomic E-state index is -0.495. The number of aryl methyl sites for hydroxylation is 2. The SMILES string of the molecule is Cc1ccc([N+](=O)[O-])cc1NC(=O)CSc1nnc(COc2cccc(C)c2C)n1C. The zero-order valence-corrected chi connectivity index (χ0v) is 18.5. The van der Waals surface area contributed by atoms with Crippen molar-refractivity contribution in [3.63, 3.8) is 0 Å². The van der Waals surface area contributed by atoms with E-state index in [9.17, 15) is 14.9 Å². The molecule has 0 spiro atoms. The monoisotopic (exact) mass is 441 g/mol. The van der Waals surface area contributed by atoms with E-state index in [1.54, 1.807) is 17.6 Å². The molecule has 3 aromatic rings. The molecule has 0 fully saturated rings.